The summed E-state index contributed by atoms with van der Waals surface area (Å²) < 4.78 is 16.0. The molecule has 0 spiro atoms. The van der Waals surface area contributed by atoms with Crippen LogP contribution < -0.4 is 12.8 Å². The van der Waals surface area contributed by atoms with Gasteiger partial charge < -0.3 is 0 Å². The minimum atomic E-state index is -1.54. The van der Waals surface area contributed by atoms with Crippen LogP contribution in [0.2, 0.25) is 0 Å². The average molecular weight is 555 g/mol. The zero-order valence-corrected chi connectivity index (χ0v) is 24.7. The molecule has 2 unspecified atom stereocenters. The quantitative estimate of drug-likeness (QED) is 0.206. The van der Waals surface area contributed by atoms with Crippen LogP contribution in [0, 0.1) is 0 Å². The Balaban J connectivity index is 1.30. The van der Waals surface area contributed by atoms with Crippen molar-refractivity contribution in [3.8, 4) is 23.0 Å². The van der Waals surface area contributed by atoms with Crippen LogP contribution in [-0.2, 0) is 0 Å². The molecule has 6 aromatic rings. The summed E-state index contributed by atoms with van der Waals surface area (Å²) in [5, 5.41) is 0. The van der Waals surface area contributed by atoms with E-state index in [0.29, 0.717) is 0 Å². The predicted octanol–water partition coefficient (Wildman–Crippen LogP) is 7.91. The first-order valence-corrected chi connectivity index (χ1v) is 16.4. The van der Waals surface area contributed by atoms with Crippen molar-refractivity contribution >= 4 is 37.2 Å². The molecule has 0 N–H and O–H groups in total. The maximum atomic E-state index is 6.56. The number of benzene rings is 6. The Morgan fingerprint density at radius 3 is 1.22 bits per heavy atom. The second kappa shape index (κ2) is 10.5. The third-order valence-corrected chi connectivity index (χ3v) is 11.6. The molecule has 3 heteroatoms. The van der Waals surface area contributed by atoms with Crippen LogP contribution >= 0.6 is 0 Å². The molecule has 0 amide bonds. The number of ether oxygens (including phenoxy) is 2. The zero-order chi connectivity index (χ0) is 27.2. The fourth-order valence-corrected chi connectivity index (χ4v) is 9.89. The van der Waals surface area contributed by atoms with Gasteiger partial charge in [0.25, 0.3) is 0 Å². The summed E-state index contributed by atoms with van der Waals surface area (Å²) in [7, 11) is 0. The van der Waals surface area contributed by atoms with E-state index in [1.54, 1.807) is 0 Å². The van der Waals surface area contributed by atoms with Crippen molar-refractivity contribution in [2.45, 2.75) is 11.8 Å². The summed E-state index contributed by atoms with van der Waals surface area (Å²) >= 11 is -1.54. The first-order valence-electron chi connectivity index (χ1n) is 14.2. The predicted molar refractivity (Wildman–Crippen MR) is 166 cm³/mol. The van der Waals surface area contributed by atoms with Gasteiger partial charge in [0, 0.05) is 0 Å². The van der Waals surface area contributed by atoms with E-state index in [1.165, 1.54) is 36.7 Å². The molecular formula is C38H26CaO2. The Labute approximate surface area is 258 Å². The molecule has 2 nitrogen and oxygen atoms in total. The van der Waals surface area contributed by atoms with Gasteiger partial charge in [0.1, 0.15) is 0 Å². The molecule has 6 aromatic carbocycles. The third-order valence-electron chi connectivity index (χ3n) is 8.44. The molecule has 0 aromatic heterocycles. The number of hydrogen-bond donors (Lipinski definition) is 0. The van der Waals surface area contributed by atoms with E-state index < -0.39 is 33.8 Å². The molecule has 0 fully saturated rings. The number of hydrogen-bond acceptors (Lipinski definition) is 2. The average Bonchev–Trinajstić information content (AvgIpc) is 3.03. The standard InChI is InChI=1S/2C19H13O.Ca/c2*1-2-8-14(9-3-1)19-15-10-4-6-12-17(15)20-18-13-7-5-11-16(18)19;/h2*1-10,12-13,19H;. The van der Waals surface area contributed by atoms with Gasteiger partial charge >= 0.3 is 260 Å². The van der Waals surface area contributed by atoms with Crippen LogP contribution in [0.1, 0.15) is 45.2 Å². The first-order chi connectivity index (χ1) is 20.3. The van der Waals surface area contributed by atoms with Gasteiger partial charge in [-0.3, -0.25) is 0 Å². The number of rotatable bonds is 4. The SMILES string of the molecule is c1ccc(C2c3ccccc3Oc3ccc[c]([Ca][c]4cccc5c4C(c4ccccc4)c4ccccc4O5)c32)cc1. The third kappa shape index (κ3) is 4.38. The summed E-state index contributed by atoms with van der Waals surface area (Å²) in [6.45, 7) is 0. The van der Waals surface area contributed by atoms with Crippen LogP contribution in [0.4, 0.5) is 0 Å². The van der Waals surface area contributed by atoms with Crippen molar-refractivity contribution in [1.82, 2.24) is 0 Å². The summed E-state index contributed by atoms with van der Waals surface area (Å²) in [6, 6.07) is 52.1. The van der Waals surface area contributed by atoms with Crippen LogP contribution in [0.15, 0.2) is 146 Å². The topological polar surface area (TPSA) is 18.5 Å². The fraction of sp³-hybridized carbons (Fsp3) is 0.0526. The van der Waals surface area contributed by atoms with Crippen LogP contribution in [-0.4, -0.2) is 33.8 Å². The van der Waals surface area contributed by atoms with Crippen LogP contribution in [0.3, 0.4) is 0 Å². The molecule has 2 aliphatic rings. The van der Waals surface area contributed by atoms with E-state index in [4.69, 9.17) is 9.47 Å². The van der Waals surface area contributed by atoms with Gasteiger partial charge in [-0.1, -0.05) is 0 Å². The second-order valence-electron chi connectivity index (χ2n) is 10.8. The molecule has 0 saturated carbocycles. The second-order valence-corrected chi connectivity index (χ2v) is 13.7. The van der Waals surface area contributed by atoms with Crippen LogP contribution in [0.5, 0.6) is 23.0 Å². The van der Waals surface area contributed by atoms with Crippen molar-refractivity contribution in [2.75, 3.05) is 0 Å². The van der Waals surface area contributed by atoms with Gasteiger partial charge in [0.2, 0.25) is 0 Å². The summed E-state index contributed by atoms with van der Waals surface area (Å²) in [5.74, 6) is 4.13. The molecule has 2 heterocycles. The van der Waals surface area contributed by atoms with Gasteiger partial charge in [-0.05, 0) is 0 Å². The van der Waals surface area contributed by atoms with E-state index in [1.807, 2.05) is 0 Å². The fourth-order valence-electron chi connectivity index (χ4n) is 6.68. The van der Waals surface area contributed by atoms with Crippen molar-refractivity contribution in [3.63, 3.8) is 0 Å². The van der Waals surface area contributed by atoms with Gasteiger partial charge in [0.15, 0.2) is 0 Å². The molecule has 0 aliphatic carbocycles. The number of para-hydroxylation sites is 2. The van der Waals surface area contributed by atoms with E-state index >= 15 is 0 Å². The Kier molecular flexibility index (Phi) is 6.41. The van der Waals surface area contributed by atoms with Gasteiger partial charge in [-0.25, -0.2) is 0 Å². The minimum absolute atomic E-state index is 0.138. The summed E-state index contributed by atoms with van der Waals surface area (Å²) in [5.41, 5.74) is 7.71. The van der Waals surface area contributed by atoms with E-state index in [2.05, 4.69) is 146 Å². The molecule has 0 saturated heterocycles. The van der Waals surface area contributed by atoms with E-state index in [0.717, 1.165) is 23.0 Å². The normalized spacial score (nSPS) is 16.1. The zero-order valence-electron chi connectivity index (χ0n) is 22.5. The van der Waals surface area contributed by atoms with E-state index in [9.17, 15) is 0 Å². The van der Waals surface area contributed by atoms with Gasteiger partial charge in [0.05, 0.1) is 0 Å². The first kappa shape index (κ1) is 24.9. The van der Waals surface area contributed by atoms with Crippen molar-refractivity contribution < 1.29 is 9.47 Å². The monoisotopic (exact) mass is 554 g/mol. The van der Waals surface area contributed by atoms with Crippen molar-refractivity contribution in [1.29, 1.82) is 0 Å². The Morgan fingerprint density at radius 2 is 0.756 bits per heavy atom. The van der Waals surface area contributed by atoms with Crippen molar-refractivity contribution in [3.05, 3.63) is 179 Å². The molecule has 0 bridgehead atoms. The molecule has 2 atom stereocenters. The summed E-state index contributed by atoms with van der Waals surface area (Å²) in [4.78, 5) is 0. The number of fused-ring (bicyclic) bond motifs is 4. The van der Waals surface area contributed by atoms with Crippen LogP contribution in [0.25, 0.3) is 0 Å². The Bertz CT molecular complexity index is 1740. The van der Waals surface area contributed by atoms with Gasteiger partial charge in [-0.2, -0.15) is 0 Å². The molecular weight excluding hydrogens is 528 g/mol. The van der Waals surface area contributed by atoms with E-state index in [-0.39, 0.29) is 11.8 Å². The Morgan fingerprint density at radius 1 is 0.366 bits per heavy atom. The van der Waals surface area contributed by atoms with Gasteiger partial charge in [-0.15, -0.1) is 0 Å². The Hall–Kier alpha value is -3.82. The molecule has 192 valence electrons. The van der Waals surface area contributed by atoms with Crippen molar-refractivity contribution in [2.24, 2.45) is 0 Å². The molecule has 8 rings (SSSR count). The molecule has 0 radical (unpaired) electrons. The molecule has 41 heavy (non-hydrogen) atoms. The maximum absolute atomic E-state index is 6.56. The molecule has 2 aliphatic heterocycles. The summed E-state index contributed by atoms with van der Waals surface area (Å²) in [6.07, 6.45) is 0.